The van der Waals surface area contributed by atoms with Gasteiger partial charge in [0.2, 0.25) is 0 Å². The molecule has 1 saturated heterocycles. The fraction of sp³-hybridized carbons (Fsp3) is 1.00. The van der Waals surface area contributed by atoms with Crippen molar-refractivity contribution < 1.29 is 0 Å². The first kappa shape index (κ1) is 11.0. The van der Waals surface area contributed by atoms with Crippen molar-refractivity contribution in [3.8, 4) is 0 Å². The fourth-order valence-corrected chi connectivity index (χ4v) is 2.16. The van der Waals surface area contributed by atoms with Gasteiger partial charge in [-0.15, -0.1) is 0 Å². The van der Waals surface area contributed by atoms with Crippen LogP contribution >= 0.6 is 0 Å². The van der Waals surface area contributed by atoms with E-state index >= 15 is 0 Å². The summed E-state index contributed by atoms with van der Waals surface area (Å²) in [5, 5.41) is 3.53. The van der Waals surface area contributed by atoms with Crippen LogP contribution in [0, 0.1) is 5.41 Å². The van der Waals surface area contributed by atoms with E-state index in [4.69, 9.17) is 0 Å². The lowest BCUT2D eigenvalue weighted by Crippen LogP contribution is -2.47. The van der Waals surface area contributed by atoms with Crippen molar-refractivity contribution in [2.45, 2.75) is 40.2 Å². The van der Waals surface area contributed by atoms with Crippen molar-refractivity contribution in [1.82, 2.24) is 10.2 Å². The Bertz CT molecular complexity index is 149. The fourth-order valence-electron chi connectivity index (χ4n) is 2.16. The van der Waals surface area contributed by atoms with Crippen LogP contribution in [0.15, 0.2) is 0 Å². The summed E-state index contributed by atoms with van der Waals surface area (Å²) in [4.78, 5) is 2.61. The Morgan fingerprint density at radius 2 is 2.08 bits per heavy atom. The van der Waals surface area contributed by atoms with E-state index in [0.29, 0.717) is 11.5 Å². The van der Waals surface area contributed by atoms with E-state index in [2.05, 4.69) is 37.9 Å². The molecular weight excluding hydrogens is 160 g/mol. The maximum absolute atomic E-state index is 3.53. The van der Waals surface area contributed by atoms with Crippen molar-refractivity contribution in [3.63, 3.8) is 0 Å². The predicted molar refractivity (Wildman–Crippen MR) is 58.0 cm³/mol. The Labute approximate surface area is 82.7 Å². The minimum Gasteiger partial charge on any atom is -0.315 e. The van der Waals surface area contributed by atoms with Gasteiger partial charge in [-0.1, -0.05) is 27.7 Å². The highest BCUT2D eigenvalue weighted by Gasteiger charge is 2.29. The molecule has 2 nitrogen and oxygen atoms in total. The lowest BCUT2D eigenvalue weighted by atomic mass is 9.85. The molecular formula is C11H24N2. The third-order valence-corrected chi connectivity index (χ3v) is 2.98. The molecule has 0 radical (unpaired) electrons. The molecule has 1 aliphatic heterocycles. The van der Waals surface area contributed by atoms with E-state index in [1.54, 1.807) is 0 Å². The summed E-state index contributed by atoms with van der Waals surface area (Å²) in [7, 11) is 0. The van der Waals surface area contributed by atoms with Crippen LogP contribution < -0.4 is 5.32 Å². The van der Waals surface area contributed by atoms with Gasteiger partial charge in [0, 0.05) is 12.6 Å². The van der Waals surface area contributed by atoms with Gasteiger partial charge in [0.15, 0.2) is 0 Å². The van der Waals surface area contributed by atoms with Gasteiger partial charge < -0.3 is 5.32 Å². The topological polar surface area (TPSA) is 15.3 Å². The smallest absolute Gasteiger partial charge is 0.0268 e. The second kappa shape index (κ2) is 4.43. The van der Waals surface area contributed by atoms with Gasteiger partial charge in [-0.2, -0.15) is 0 Å². The standard InChI is InChI=1S/C11H24N2/c1-5-13-8-6-7-12-9-10(13)11(2,3)4/h10,12H,5-9H2,1-4H3/t10-/m0/s1. The van der Waals surface area contributed by atoms with Gasteiger partial charge in [-0.25, -0.2) is 0 Å². The van der Waals surface area contributed by atoms with E-state index in [1.807, 2.05) is 0 Å². The molecule has 78 valence electrons. The zero-order valence-corrected chi connectivity index (χ0v) is 9.56. The predicted octanol–water partition coefficient (Wildman–Crippen LogP) is 1.72. The van der Waals surface area contributed by atoms with E-state index in [-0.39, 0.29) is 0 Å². The van der Waals surface area contributed by atoms with Gasteiger partial charge in [-0.3, -0.25) is 4.90 Å². The molecule has 0 spiro atoms. The molecule has 0 aliphatic carbocycles. The molecule has 0 aromatic rings. The Kier molecular flexibility index (Phi) is 3.74. The quantitative estimate of drug-likeness (QED) is 0.667. The number of hydrogen-bond donors (Lipinski definition) is 1. The van der Waals surface area contributed by atoms with Gasteiger partial charge >= 0.3 is 0 Å². The first-order valence-electron chi connectivity index (χ1n) is 5.50. The highest BCUT2D eigenvalue weighted by molar-refractivity contribution is 4.86. The average Bonchev–Trinajstić information content (AvgIpc) is 2.26. The minimum atomic E-state index is 0.396. The van der Waals surface area contributed by atoms with Crippen molar-refractivity contribution >= 4 is 0 Å². The summed E-state index contributed by atoms with van der Waals surface area (Å²) in [6, 6.07) is 0.694. The lowest BCUT2D eigenvalue weighted by Gasteiger charge is -2.38. The highest BCUT2D eigenvalue weighted by Crippen LogP contribution is 2.24. The van der Waals surface area contributed by atoms with Crippen LogP contribution in [0.25, 0.3) is 0 Å². The minimum absolute atomic E-state index is 0.396. The van der Waals surface area contributed by atoms with Crippen LogP contribution in [0.5, 0.6) is 0 Å². The molecule has 1 fully saturated rings. The molecule has 0 aromatic heterocycles. The van der Waals surface area contributed by atoms with E-state index in [9.17, 15) is 0 Å². The van der Waals surface area contributed by atoms with Crippen LogP contribution in [-0.4, -0.2) is 37.1 Å². The third-order valence-electron chi connectivity index (χ3n) is 2.98. The molecule has 13 heavy (non-hydrogen) atoms. The molecule has 0 bridgehead atoms. The Morgan fingerprint density at radius 1 is 1.38 bits per heavy atom. The number of nitrogens with one attached hydrogen (secondary N) is 1. The summed E-state index contributed by atoms with van der Waals surface area (Å²) in [6.07, 6.45) is 1.29. The van der Waals surface area contributed by atoms with E-state index in [1.165, 1.54) is 26.1 Å². The molecule has 1 heterocycles. The molecule has 1 aliphatic rings. The molecule has 1 rings (SSSR count). The molecule has 0 aromatic carbocycles. The van der Waals surface area contributed by atoms with Gasteiger partial charge in [0.25, 0.3) is 0 Å². The van der Waals surface area contributed by atoms with Gasteiger partial charge in [0.05, 0.1) is 0 Å². The van der Waals surface area contributed by atoms with Crippen LogP contribution in [0.4, 0.5) is 0 Å². The van der Waals surface area contributed by atoms with Crippen LogP contribution in [0.1, 0.15) is 34.1 Å². The third kappa shape index (κ3) is 2.96. The number of rotatable bonds is 1. The monoisotopic (exact) mass is 184 g/mol. The second-order valence-electron chi connectivity index (χ2n) is 5.07. The largest absolute Gasteiger partial charge is 0.315 e. The highest BCUT2D eigenvalue weighted by atomic mass is 15.2. The van der Waals surface area contributed by atoms with Crippen molar-refractivity contribution in [2.75, 3.05) is 26.2 Å². The average molecular weight is 184 g/mol. The first-order chi connectivity index (χ1) is 6.05. The summed E-state index contributed by atoms with van der Waals surface area (Å²) in [6.45, 7) is 14.1. The Hall–Kier alpha value is -0.0800. The van der Waals surface area contributed by atoms with Crippen molar-refractivity contribution in [1.29, 1.82) is 0 Å². The summed E-state index contributed by atoms with van der Waals surface area (Å²) < 4.78 is 0. The molecule has 2 heteroatoms. The van der Waals surface area contributed by atoms with E-state index in [0.717, 1.165) is 6.54 Å². The van der Waals surface area contributed by atoms with Crippen LogP contribution in [-0.2, 0) is 0 Å². The lowest BCUT2D eigenvalue weighted by molar-refractivity contribution is 0.115. The van der Waals surface area contributed by atoms with Crippen molar-refractivity contribution in [2.24, 2.45) is 5.41 Å². The Morgan fingerprint density at radius 3 is 2.62 bits per heavy atom. The van der Waals surface area contributed by atoms with Gasteiger partial charge in [-0.05, 0) is 31.5 Å². The van der Waals surface area contributed by atoms with E-state index < -0.39 is 0 Å². The normalized spacial score (nSPS) is 27.2. The molecule has 0 saturated carbocycles. The second-order valence-corrected chi connectivity index (χ2v) is 5.07. The summed E-state index contributed by atoms with van der Waals surface area (Å²) in [5.41, 5.74) is 0.396. The number of likely N-dealkylation sites (N-methyl/N-ethyl adjacent to an activating group) is 1. The van der Waals surface area contributed by atoms with Crippen LogP contribution in [0.3, 0.4) is 0 Å². The Balaban J connectivity index is 2.65. The number of nitrogens with zero attached hydrogens (tertiary/aromatic N) is 1. The first-order valence-corrected chi connectivity index (χ1v) is 5.50. The summed E-state index contributed by atoms with van der Waals surface area (Å²) in [5.74, 6) is 0. The molecule has 0 unspecified atom stereocenters. The zero-order valence-electron chi connectivity index (χ0n) is 9.56. The zero-order chi connectivity index (χ0) is 9.90. The molecule has 1 atom stereocenters. The maximum atomic E-state index is 3.53. The summed E-state index contributed by atoms with van der Waals surface area (Å²) >= 11 is 0. The van der Waals surface area contributed by atoms with Crippen LogP contribution in [0.2, 0.25) is 0 Å². The molecule has 1 N–H and O–H groups in total. The van der Waals surface area contributed by atoms with Gasteiger partial charge in [0.1, 0.15) is 0 Å². The van der Waals surface area contributed by atoms with Crippen molar-refractivity contribution in [3.05, 3.63) is 0 Å². The maximum Gasteiger partial charge on any atom is 0.0268 e. The number of hydrogen-bond acceptors (Lipinski definition) is 2. The molecule has 0 amide bonds. The SMILES string of the molecule is CCN1CCCNC[C@H]1C(C)(C)C.